The van der Waals surface area contributed by atoms with Gasteiger partial charge < -0.3 is 4.74 Å². The van der Waals surface area contributed by atoms with Gasteiger partial charge in [0.15, 0.2) is 0 Å². The van der Waals surface area contributed by atoms with Gasteiger partial charge in [-0.25, -0.2) is 0 Å². The van der Waals surface area contributed by atoms with E-state index in [1.165, 1.54) is 4.88 Å². The van der Waals surface area contributed by atoms with Crippen LogP contribution in [0, 0.1) is 0 Å². The SMILES string of the molecule is CCOC(c1ccccc1)C(Cc1cccs1)NN. The van der Waals surface area contributed by atoms with Crippen molar-refractivity contribution >= 4 is 11.3 Å². The van der Waals surface area contributed by atoms with Crippen LogP contribution in [0.2, 0.25) is 0 Å². The van der Waals surface area contributed by atoms with E-state index in [1.807, 2.05) is 25.1 Å². The summed E-state index contributed by atoms with van der Waals surface area (Å²) in [4.78, 5) is 1.31. The predicted molar refractivity (Wildman–Crippen MR) is 79.9 cm³/mol. The number of hydrogen-bond donors (Lipinski definition) is 2. The lowest BCUT2D eigenvalue weighted by molar-refractivity contribution is 0.0334. The summed E-state index contributed by atoms with van der Waals surface area (Å²) in [6.45, 7) is 2.68. The number of ether oxygens (including phenoxy) is 1. The molecule has 2 aromatic rings. The molecule has 4 heteroatoms. The lowest BCUT2D eigenvalue weighted by Crippen LogP contribution is -2.42. The van der Waals surface area contributed by atoms with Gasteiger partial charge in [-0.2, -0.15) is 0 Å². The first-order chi connectivity index (χ1) is 9.35. The molecule has 0 aliphatic carbocycles. The molecule has 0 radical (unpaired) electrons. The molecule has 0 aliphatic rings. The van der Waals surface area contributed by atoms with Gasteiger partial charge in [-0.05, 0) is 23.9 Å². The maximum absolute atomic E-state index is 5.89. The van der Waals surface area contributed by atoms with Crippen molar-refractivity contribution in [3.63, 3.8) is 0 Å². The van der Waals surface area contributed by atoms with Crippen molar-refractivity contribution in [2.45, 2.75) is 25.5 Å². The van der Waals surface area contributed by atoms with Gasteiger partial charge in [0.1, 0.15) is 0 Å². The summed E-state index contributed by atoms with van der Waals surface area (Å²) in [5.41, 5.74) is 4.06. The quantitative estimate of drug-likeness (QED) is 0.604. The van der Waals surface area contributed by atoms with Crippen LogP contribution >= 0.6 is 11.3 Å². The summed E-state index contributed by atoms with van der Waals surface area (Å²) < 4.78 is 5.89. The van der Waals surface area contributed by atoms with E-state index in [1.54, 1.807) is 11.3 Å². The Labute approximate surface area is 118 Å². The van der Waals surface area contributed by atoms with E-state index in [4.69, 9.17) is 10.6 Å². The summed E-state index contributed by atoms with van der Waals surface area (Å²) in [5.74, 6) is 5.73. The van der Waals surface area contributed by atoms with E-state index in [0.29, 0.717) is 6.61 Å². The summed E-state index contributed by atoms with van der Waals surface area (Å²) in [6, 6.07) is 14.5. The largest absolute Gasteiger partial charge is 0.372 e. The van der Waals surface area contributed by atoms with Gasteiger partial charge >= 0.3 is 0 Å². The van der Waals surface area contributed by atoms with Crippen molar-refractivity contribution in [2.75, 3.05) is 6.61 Å². The van der Waals surface area contributed by atoms with Crippen LogP contribution in [-0.2, 0) is 11.2 Å². The first-order valence-corrected chi connectivity index (χ1v) is 7.38. The van der Waals surface area contributed by atoms with E-state index in [2.05, 4.69) is 35.1 Å². The normalized spacial score (nSPS) is 14.2. The van der Waals surface area contributed by atoms with Gasteiger partial charge in [0.05, 0.1) is 12.1 Å². The highest BCUT2D eigenvalue weighted by molar-refractivity contribution is 7.09. The van der Waals surface area contributed by atoms with E-state index >= 15 is 0 Å². The minimum Gasteiger partial charge on any atom is -0.372 e. The summed E-state index contributed by atoms with van der Waals surface area (Å²) in [7, 11) is 0. The number of rotatable bonds is 7. The van der Waals surface area contributed by atoms with E-state index in [0.717, 1.165) is 12.0 Å². The molecule has 0 fully saturated rings. The Bertz CT molecular complexity index is 458. The average Bonchev–Trinajstić information content (AvgIpc) is 2.96. The smallest absolute Gasteiger partial charge is 0.0994 e. The fourth-order valence-electron chi connectivity index (χ4n) is 2.17. The van der Waals surface area contributed by atoms with Gasteiger partial charge in [-0.3, -0.25) is 11.3 Å². The number of benzene rings is 1. The Kier molecular flexibility index (Phi) is 5.54. The molecule has 2 atom stereocenters. The molecule has 2 unspecified atom stereocenters. The monoisotopic (exact) mass is 276 g/mol. The number of thiophene rings is 1. The topological polar surface area (TPSA) is 47.3 Å². The number of nitrogens with one attached hydrogen (secondary N) is 1. The van der Waals surface area contributed by atoms with E-state index < -0.39 is 0 Å². The average molecular weight is 276 g/mol. The van der Waals surface area contributed by atoms with Crippen LogP contribution in [0.25, 0.3) is 0 Å². The van der Waals surface area contributed by atoms with Gasteiger partial charge in [0, 0.05) is 17.9 Å². The van der Waals surface area contributed by atoms with Crippen LogP contribution < -0.4 is 11.3 Å². The summed E-state index contributed by atoms with van der Waals surface area (Å²) in [6.07, 6.45) is 0.839. The highest BCUT2D eigenvalue weighted by Gasteiger charge is 2.23. The lowest BCUT2D eigenvalue weighted by Gasteiger charge is -2.26. The van der Waals surface area contributed by atoms with Crippen molar-refractivity contribution in [3.05, 3.63) is 58.3 Å². The number of hydrogen-bond acceptors (Lipinski definition) is 4. The molecule has 19 heavy (non-hydrogen) atoms. The molecule has 0 spiro atoms. The second-order valence-corrected chi connectivity index (χ2v) is 5.38. The molecule has 1 heterocycles. The third-order valence-electron chi connectivity index (χ3n) is 3.06. The highest BCUT2D eigenvalue weighted by atomic mass is 32.1. The molecule has 0 saturated carbocycles. The Morgan fingerprint density at radius 3 is 2.58 bits per heavy atom. The van der Waals surface area contributed by atoms with E-state index in [-0.39, 0.29) is 12.1 Å². The zero-order chi connectivity index (χ0) is 13.5. The molecule has 102 valence electrons. The molecular weight excluding hydrogens is 256 g/mol. The molecule has 0 amide bonds. The van der Waals surface area contributed by atoms with Gasteiger partial charge in [0.2, 0.25) is 0 Å². The Morgan fingerprint density at radius 1 is 1.21 bits per heavy atom. The van der Waals surface area contributed by atoms with Crippen LogP contribution in [0.5, 0.6) is 0 Å². The maximum atomic E-state index is 5.89. The molecule has 2 rings (SSSR count). The standard InChI is InChI=1S/C15H20N2OS/c1-2-18-15(12-7-4-3-5-8-12)14(17-16)11-13-9-6-10-19-13/h3-10,14-15,17H,2,11,16H2,1H3. The molecule has 0 bridgehead atoms. The Balaban J connectivity index is 2.16. The Morgan fingerprint density at radius 2 is 2.00 bits per heavy atom. The van der Waals surface area contributed by atoms with Gasteiger partial charge in [0.25, 0.3) is 0 Å². The van der Waals surface area contributed by atoms with Crippen LogP contribution in [-0.4, -0.2) is 12.6 Å². The fraction of sp³-hybridized carbons (Fsp3) is 0.333. The third kappa shape index (κ3) is 3.88. The Hall–Kier alpha value is -1.20. The molecule has 1 aromatic heterocycles. The van der Waals surface area contributed by atoms with Crippen molar-refractivity contribution in [3.8, 4) is 0 Å². The number of nitrogens with two attached hydrogens (primary N) is 1. The van der Waals surface area contributed by atoms with Gasteiger partial charge in [-0.1, -0.05) is 36.4 Å². The zero-order valence-corrected chi connectivity index (χ0v) is 11.9. The summed E-state index contributed by atoms with van der Waals surface area (Å²) in [5, 5.41) is 2.08. The maximum Gasteiger partial charge on any atom is 0.0994 e. The number of hydrazine groups is 1. The molecule has 3 N–H and O–H groups in total. The molecule has 1 aromatic carbocycles. The molecule has 0 aliphatic heterocycles. The van der Waals surface area contributed by atoms with Crippen molar-refractivity contribution in [1.29, 1.82) is 0 Å². The fourth-order valence-corrected chi connectivity index (χ4v) is 2.93. The van der Waals surface area contributed by atoms with Crippen LogP contribution in [0.3, 0.4) is 0 Å². The van der Waals surface area contributed by atoms with Crippen LogP contribution in [0.4, 0.5) is 0 Å². The minimum absolute atomic E-state index is 0.0294. The molecule has 3 nitrogen and oxygen atoms in total. The van der Waals surface area contributed by atoms with Crippen LogP contribution in [0.1, 0.15) is 23.5 Å². The summed E-state index contributed by atoms with van der Waals surface area (Å²) >= 11 is 1.75. The van der Waals surface area contributed by atoms with Crippen molar-refractivity contribution < 1.29 is 4.74 Å². The second kappa shape index (κ2) is 7.40. The lowest BCUT2D eigenvalue weighted by atomic mass is 9.99. The van der Waals surface area contributed by atoms with Crippen molar-refractivity contribution in [1.82, 2.24) is 5.43 Å². The van der Waals surface area contributed by atoms with Gasteiger partial charge in [-0.15, -0.1) is 11.3 Å². The van der Waals surface area contributed by atoms with E-state index in [9.17, 15) is 0 Å². The first-order valence-electron chi connectivity index (χ1n) is 6.50. The van der Waals surface area contributed by atoms with Crippen molar-refractivity contribution in [2.24, 2.45) is 5.84 Å². The molecular formula is C15H20N2OS. The highest BCUT2D eigenvalue weighted by Crippen LogP contribution is 2.24. The first kappa shape index (κ1) is 14.2. The zero-order valence-electron chi connectivity index (χ0n) is 11.1. The minimum atomic E-state index is -0.0294. The predicted octanol–water partition coefficient (Wildman–Crippen LogP) is 2.90. The third-order valence-corrected chi connectivity index (χ3v) is 3.95. The second-order valence-electron chi connectivity index (χ2n) is 4.34. The van der Waals surface area contributed by atoms with Crippen LogP contribution in [0.15, 0.2) is 47.8 Å². The molecule has 0 saturated heterocycles.